The van der Waals surface area contributed by atoms with Gasteiger partial charge >= 0.3 is 6.09 Å². The van der Waals surface area contributed by atoms with Gasteiger partial charge in [0.05, 0.1) is 5.69 Å². The van der Waals surface area contributed by atoms with Crippen LogP contribution in [0.5, 0.6) is 0 Å². The van der Waals surface area contributed by atoms with Crippen LogP contribution in [0.4, 0.5) is 4.79 Å². The summed E-state index contributed by atoms with van der Waals surface area (Å²) in [5.41, 5.74) is 0.100. The molecule has 1 N–H and O–H groups in total. The minimum absolute atomic E-state index is 0.0782. The molecule has 0 radical (unpaired) electrons. The van der Waals surface area contributed by atoms with Crippen molar-refractivity contribution >= 4 is 17.9 Å². The van der Waals surface area contributed by atoms with Gasteiger partial charge in [-0.2, -0.15) is 0 Å². The Hall–Kier alpha value is -1.50. The topological polar surface area (TPSA) is 75.3 Å². The lowest BCUT2D eigenvalue weighted by Gasteiger charge is -2.33. The molecule has 1 aliphatic heterocycles. The lowest BCUT2D eigenvalue weighted by molar-refractivity contribution is 0.0197. The van der Waals surface area contributed by atoms with Crippen LogP contribution >= 0.6 is 11.8 Å². The highest BCUT2D eigenvalue weighted by atomic mass is 32.2. The molecule has 0 aromatic carbocycles. The molecule has 1 aliphatic rings. The average Bonchev–Trinajstić information content (AvgIpc) is 2.45. The summed E-state index contributed by atoms with van der Waals surface area (Å²) in [5, 5.41) is 0.608. The zero-order valence-electron chi connectivity index (χ0n) is 13.5. The first-order valence-electron chi connectivity index (χ1n) is 7.41. The monoisotopic (exact) mass is 325 g/mol. The van der Waals surface area contributed by atoms with Crippen LogP contribution in [0.3, 0.4) is 0 Å². The molecule has 0 aliphatic carbocycles. The Morgan fingerprint density at radius 1 is 1.50 bits per heavy atom. The van der Waals surface area contributed by atoms with Crippen LogP contribution in [0, 0.1) is 0 Å². The van der Waals surface area contributed by atoms with Gasteiger partial charge in [-0.1, -0.05) is 11.8 Å². The summed E-state index contributed by atoms with van der Waals surface area (Å²) < 4.78 is 5.42. The van der Waals surface area contributed by atoms with Crippen LogP contribution in [-0.2, 0) is 4.74 Å². The molecule has 0 bridgehead atoms. The highest BCUT2D eigenvalue weighted by Crippen LogP contribution is 2.26. The zero-order chi connectivity index (χ0) is 16.3. The molecule has 6 nitrogen and oxygen atoms in total. The third kappa shape index (κ3) is 4.50. The second-order valence-electron chi connectivity index (χ2n) is 6.45. The third-order valence-corrected chi connectivity index (χ3v) is 4.00. The fraction of sp³-hybridized carbons (Fsp3) is 0.667. The van der Waals surface area contributed by atoms with E-state index in [1.807, 2.05) is 27.0 Å². The van der Waals surface area contributed by atoms with Gasteiger partial charge in [0.25, 0.3) is 5.56 Å². The number of H-pyrrole nitrogens is 1. The normalized spacial score (nSPS) is 19.1. The number of rotatable bonds is 2. The van der Waals surface area contributed by atoms with Crippen LogP contribution < -0.4 is 5.56 Å². The first-order chi connectivity index (χ1) is 10.3. The molecule has 2 rings (SSSR count). The van der Waals surface area contributed by atoms with Gasteiger partial charge < -0.3 is 14.6 Å². The first-order valence-corrected chi connectivity index (χ1v) is 8.64. The number of hydrogen-bond donors (Lipinski definition) is 1. The number of piperidine rings is 1. The van der Waals surface area contributed by atoms with E-state index in [2.05, 4.69) is 9.97 Å². The Morgan fingerprint density at radius 3 is 2.86 bits per heavy atom. The van der Waals surface area contributed by atoms with E-state index in [-0.39, 0.29) is 17.6 Å². The second kappa shape index (κ2) is 6.73. The van der Waals surface area contributed by atoms with E-state index in [1.165, 1.54) is 17.8 Å². The standard InChI is InChI=1S/C15H23N3O3S/c1-15(2,3)21-14(20)18-7-5-6-10(9-18)11-8-12(19)17-13(16-11)22-4/h8,10H,5-7,9H2,1-4H3,(H,16,17,19)/t10-/m0/s1. The molecule has 0 saturated carbocycles. The Kier molecular flexibility index (Phi) is 5.16. The molecule has 1 saturated heterocycles. The number of hydrogen-bond acceptors (Lipinski definition) is 5. The molecule has 122 valence electrons. The van der Waals surface area contributed by atoms with E-state index >= 15 is 0 Å². The van der Waals surface area contributed by atoms with Gasteiger partial charge in [-0.3, -0.25) is 4.79 Å². The van der Waals surface area contributed by atoms with Crippen LogP contribution in [0.2, 0.25) is 0 Å². The summed E-state index contributed by atoms with van der Waals surface area (Å²) in [5.74, 6) is 0.0782. The van der Waals surface area contributed by atoms with Crippen molar-refractivity contribution in [2.75, 3.05) is 19.3 Å². The predicted octanol–water partition coefficient (Wildman–Crippen LogP) is 2.61. The molecular weight excluding hydrogens is 302 g/mol. The molecule has 1 amide bonds. The number of carbonyl (C=O) groups excluding carboxylic acids is 1. The van der Waals surface area contributed by atoms with Gasteiger partial charge in [0.1, 0.15) is 5.60 Å². The SMILES string of the molecule is CSc1nc([C@H]2CCCN(C(=O)OC(C)(C)C)C2)cc(=O)[nH]1. The van der Waals surface area contributed by atoms with Gasteiger partial charge in [-0.15, -0.1) is 0 Å². The highest BCUT2D eigenvalue weighted by molar-refractivity contribution is 7.98. The minimum Gasteiger partial charge on any atom is -0.444 e. The average molecular weight is 325 g/mol. The number of ether oxygens (including phenoxy) is 1. The van der Waals surface area contributed by atoms with Gasteiger partial charge in [-0.25, -0.2) is 9.78 Å². The lowest BCUT2D eigenvalue weighted by Crippen LogP contribution is -2.42. The molecule has 1 aromatic heterocycles. The maximum absolute atomic E-state index is 12.2. The van der Waals surface area contributed by atoms with Crippen LogP contribution in [0.15, 0.2) is 16.0 Å². The van der Waals surface area contributed by atoms with E-state index in [4.69, 9.17) is 4.74 Å². The van der Waals surface area contributed by atoms with E-state index in [1.54, 1.807) is 4.90 Å². The summed E-state index contributed by atoms with van der Waals surface area (Å²) in [6.45, 7) is 6.79. The van der Waals surface area contributed by atoms with Crippen molar-refractivity contribution < 1.29 is 9.53 Å². The Bertz CT molecular complexity index is 594. The number of nitrogens with one attached hydrogen (secondary N) is 1. The molecule has 1 fully saturated rings. The summed E-state index contributed by atoms with van der Waals surface area (Å²) >= 11 is 1.40. The van der Waals surface area contributed by atoms with Crippen molar-refractivity contribution in [2.45, 2.75) is 50.3 Å². The highest BCUT2D eigenvalue weighted by Gasteiger charge is 2.29. The quantitative estimate of drug-likeness (QED) is 0.668. The summed E-state index contributed by atoms with van der Waals surface area (Å²) in [6.07, 6.45) is 3.37. The largest absolute Gasteiger partial charge is 0.444 e. The van der Waals surface area contributed by atoms with Crippen LogP contribution in [0.1, 0.15) is 45.2 Å². The number of aromatic nitrogens is 2. The van der Waals surface area contributed by atoms with E-state index in [0.717, 1.165) is 18.5 Å². The second-order valence-corrected chi connectivity index (χ2v) is 7.24. The summed E-state index contributed by atoms with van der Waals surface area (Å²) in [7, 11) is 0. The van der Waals surface area contributed by atoms with Crippen LogP contribution in [0.25, 0.3) is 0 Å². The zero-order valence-corrected chi connectivity index (χ0v) is 14.3. The maximum atomic E-state index is 12.2. The first kappa shape index (κ1) is 16.9. The van der Waals surface area contributed by atoms with E-state index in [0.29, 0.717) is 18.2 Å². The van der Waals surface area contributed by atoms with Crippen molar-refractivity contribution in [1.29, 1.82) is 0 Å². The Morgan fingerprint density at radius 2 is 2.23 bits per heavy atom. The van der Waals surface area contributed by atoms with E-state index < -0.39 is 5.60 Å². The smallest absolute Gasteiger partial charge is 0.410 e. The third-order valence-electron chi connectivity index (χ3n) is 3.42. The fourth-order valence-corrected chi connectivity index (χ4v) is 2.87. The Balaban J connectivity index is 2.12. The molecular formula is C15H23N3O3S. The number of thioether (sulfide) groups is 1. The van der Waals surface area contributed by atoms with Crippen molar-refractivity contribution in [2.24, 2.45) is 0 Å². The van der Waals surface area contributed by atoms with Gasteiger partial charge in [0.15, 0.2) is 5.16 Å². The van der Waals surface area contributed by atoms with Crippen molar-refractivity contribution in [3.05, 3.63) is 22.1 Å². The molecule has 1 aromatic rings. The maximum Gasteiger partial charge on any atom is 0.410 e. The van der Waals surface area contributed by atoms with Crippen molar-refractivity contribution in [1.82, 2.24) is 14.9 Å². The molecule has 7 heteroatoms. The number of carbonyl (C=O) groups is 1. The lowest BCUT2D eigenvalue weighted by atomic mass is 9.95. The van der Waals surface area contributed by atoms with Crippen molar-refractivity contribution in [3.8, 4) is 0 Å². The molecule has 0 unspecified atom stereocenters. The van der Waals surface area contributed by atoms with Gasteiger partial charge in [-0.05, 0) is 39.9 Å². The number of aromatic amines is 1. The molecule has 2 heterocycles. The predicted molar refractivity (Wildman–Crippen MR) is 86.4 cm³/mol. The number of amides is 1. The summed E-state index contributed by atoms with van der Waals surface area (Å²) in [6, 6.07) is 1.53. The van der Waals surface area contributed by atoms with Gasteiger partial charge in [0.2, 0.25) is 0 Å². The molecule has 1 atom stereocenters. The number of likely N-dealkylation sites (tertiary alicyclic amines) is 1. The van der Waals surface area contributed by atoms with Crippen molar-refractivity contribution in [3.63, 3.8) is 0 Å². The van der Waals surface area contributed by atoms with E-state index in [9.17, 15) is 9.59 Å². The summed E-state index contributed by atoms with van der Waals surface area (Å²) in [4.78, 5) is 32.8. The minimum atomic E-state index is -0.502. The molecule has 22 heavy (non-hydrogen) atoms. The molecule has 0 spiro atoms. The fourth-order valence-electron chi connectivity index (χ4n) is 2.47. The number of nitrogens with zero attached hydrogens (tertiary/aromatic N) is 2. The van der Waals surface area contributed by atoms with Crippen LogP contribution in [-0.4, -0.2) is 45.9 Å². The Labute approximate surface area is 134 Å². The van der Waals surface area contributed by atoms with Gasteiger partial charge in [0, 0.05) is 25.1 Å².